The summed E-state index contributed by atoms with van der Waals surface area (Å²) < 4.78 is 0. The number of nitrogens with one attached hydrogen (secondary N) is 2. The number of amides is 1. The molecule has 3 aromatic rings. The topological polar surface area (TPSA) is 80.0 Å². The molecule has 0 atom stereocenters. The molecule has 29 heavy (non-hydrogen) atoms. The molecule has 0 unspecified atom stereocenters. The van der Waals surface area contributed by atoms with Crippen molar-refractivity contribution in [1.29, 1.82) is 0 Å². The number of anilines is 2. The summed E-state index contributed by atoms with van der Waals surface area (Å²) in [5, 5.41) is 6.70. The second kappa shape index (κ2) is 7.85. The van der Waals surface area contributed by atoms with Crippen LogP contribution in [0.3, 0.4) is 0 Å². The summed E-state index contributed by atoms with van der Waals surface area (Å²) >= 11 is 6.66. The van der Waals surface area contributed by atoms with Gasteiger partial charge in [0.25, 0.3) is 5.91 Å². The number of fused-ring (bicyclic) bond motifs is 1. The largest absolute Gasteiger partial charge is 0.398 e. The minimum Gasteiger partial charge on any atom is -0.398 e. The number of nitrogens with two attached hydrogens (primary N) is 1. The van der Waals surface area contributed by atoms with Crippen molar-refractivity contribution in [2.45, 2.75) is 26.8 Å². The van der Waals surface area contributed by atoms with Crippen LogP contribution >= 0.6 is 11.6 Å². The van der Waals surface area contributed by atoms with Gasteiger partial charge in [0, 0.05) is 17.8 Å². The predicted octanol–water partition coefficient (Wildman–Crippen LogP) is 4.50. The number of halogens is 1. The van der Waals surface area contributed by atoms with Crippen LogP contribution in [-0.2, 0) is 13.0 Å². The Morgan fingerprint density at radius 2 is 1.93 bits per heavy atom. The second-order valence-corrected chi connectivity index (χ2v) is 7.70. The van der Waals surface area contributed by atoms with Gasteiger partial charge in [0.2, 0.25) is 0 Å². The first-order chi connectivity index (χ1) is 14.0. The Labute approximate surface area is 175 Å². The average Bonchev–Trinajstić information content (AvgIpc) is 2.72. The van der Waals surface area contributed by atoms with Crippen molar-refractivity contribution >= 4 is 28.9 Å². The Morgan fingerprint density at radius 3 is 2.76 bits per heavy atom. The van der Waals surface area contributed by atoms with Gasteiger partial charge in [-0.05, 0) is 67.3 Å². The summed E-state index contributed by atoms with van der Waals surface area (Å²) in [5.74, 6) is -0.273. The number of nitrogen functional groups attached to an aromatic ring is 1. The van der Waals surface area contributed by atoms with Crippen LogP contribution in [0.25, 0.3) is 11.1 Å². The molecular formula is C23H23ClN4O. The van der Waals surface area contributed by atoms with Crippen molar-refractivity contribution in [3.05, 3.63) is 75.6 Å². The lowest BCUT2D eigenvalue weighted by Gasteiger charge is -2.19. The maximum Gasteiger partial charge on any atom is 0.274 e. The number of hydrogen-bond acceptors (Lipinski definition) is 4. The van der Waals surface area contributed by atoms with Crippen molar-refractivity contribution < 1.29 is 4.79 Å². The first-order valence-corrected chi connectivity index (χ1v) is 9.99. The van der Waals surface area contributed by atoms with E-state index in [0.29, 0.717) is 28.6 Å². The Morgan fingerprint density at radius 1 is 1.17 bits per heavy atom. The van der Waals surface area contributed by atoms with Crippen molar-refractivity contribution in [2.24, 2.45) is 0 Å². The fourth-order valence-corrected chi connectivity index (χ4v) is 4.03. The third-order valence-electron chi connectivity index (χ3n) is 5.42. The number of nitrogens with zero attached hydrogens (tertiary/aromatic N) is 1. The highest BCUT2D eigenvalue weighted by Gasteiger charge is 2.19. The molecule has 4 N–H and O–H groups in total. The molecule has 1 amide bonds. The van der Waals surface area contributed by atoms with E-state index < -0.39 is 0 Å². The summed E-state index contributed by atoms with van der Waals surface area (Å²) in [6.45, 7) is 5.61. The second-order valence-electron chi connectivity index (χ2n) is 7.32. The first kappa shape index (κ1) is 19.4. The normalized spacial score (nSPS) is 13.1. The SMILES string of the molecule is Cc1cc(C(=O)Nc2cccc(-c3cccc(N)c3C)c2Cl)nc2c1CCNC2. The molecule has 1 aromatic heterocycles. The Balaban J connectivity index is 1.66. The van der Waals surface area contributed by atoms with Crippen LogP contribution in [0, 0.1) is 13.8 Å². The molecular weight excluding hydrogens is 384 g/mol. The summed E-state index contributed by atoms with van der Waals surface area (Å²) in [4.78, 5) is 17.5. The van der Waals surface area contributed by atoms with Crippen LogP contribution in [0.15, 0.2) is 42.5 Å². The monoisotopic (exact) mass is 406 g/mol. The van der Waals surface area contributed by atoms with E-state index in [1.54, 1.807) is 6.07 Å². The maximum absolute atomic E-state index is 12.9. The number of pyridine rings is 1. The molecule has 2 heterocycles. The molecule has 5 nitrogen and oxygen atoms in total. The Hall–Kier alpha value is -2.89. The van der Waals surface area contributed by atoms with E-state index in [2.05, 4.69) is 15.6 Å². The van der Waals surface area contributed by atoms with E-state index >= 15 is 0 Å². The van der Waals surface area contributed by atoms with Gasteiger partial charge >= 0.3 is 0 Å². The first-order valence-electron chi connectivity index (χ1n) is 9.61. The van der Waals surface area contributed by atoms with Gasteiger partial charge in [-0.1, -0.05) is 35.9 Å². The van der Waals surface area contributed by atoms with Crippen LogP contribution in [0.2, 0.25) is 5.02 Å². The molecule has 0 saturated heterocycles. The van der Waals surface area contributed by atoms with E-state index in [1.807, 2.05) is 50.2 Å². The predicted molar refractivity (Wildman–Crippen MR) is 118 cm³/mol. The fraction of sp³-hybridized carbons (Fsp3) is 0.217. The lowest BCUT2D eigenvalue weighted by Crippen LogP contribution is -2.27. The van der Waals surface area contributed by atoms with Gasteiger partial charge in [-0.3, -0.25) is 4.79 Å². The van der Waals surface area contributed by atoms with Gasteiger partial charge < -0.3 is 16.4 Å². The summed E-state index contributed by atoms with van der Waals surface area (Å²) in [5.41, 5.74) is 13.7. The molecule has 0 spiro atoms. The van der Waals surface area contributed by atoms with Crippen LogP contribution in [-0.4, -0.2) is 17.4 Å². The number of aromatic nitrogens is 1. The van der Waals surface area contributed by atoms with Crippen molar-refractivity contribution in [1.82, 2.24) is 10.3 Å². The van der Waals surface area contributed by atoms with Gasteiger partial charge in [0.05, 0.1) is 16.4 Å². The summed E-state index contributed by atoms with van der Waals surface area (Å²) in [7, 11) is 0. The zero-order chi connectivity index (χ0) is 20.5. The van der Waals surface area contributed by atoms with Gasteiger partial charge in [0.15, 0.2) is 0 Å². The molecule has 0 fully saturated rings. The van der Waals surface area contributed by atoms with Crippen LogP contribution in [0.1, 0.15) is 32.9 Å². The number of aryl methyl sites for hydroxylation is 1. The number of hydrogen-bond donors (Lipinski definition) is 3. The van der Waals surface area contributed by atoms with Gasteiger partial charge in [0.1, 0.15) is 5.69 Å². The highest BCUT2D eigenvalue weighted by atomic mass is 35.5. The van der Waals surface area contributed by atoms with E-state index in [-0.39, 0.29) is 5.91 Å². The highest BCUT2D eigenvalue weighted by Crippen LogP contribution is 2.36. The zero-order valence-electron chi connectivity index (χ0n) is 16.5. The number of rotatable bonds is 3. The molecule has 0 aliphatic carbocycles. The molecule has 6 heteroatoms. The molecule has 2 aromatic carbocycles. The van der Waals surface area contributed by atoms with Crippen molar-refractivity contribution in [2.75, 3.05) is 17.6 Å². The molecule has 1 aliphatic heterocycles. The minimum absolute atomic E-state index is 0.273. The smallest absolute Gasteiger partial charge is 0.274 e. The molecule has 148 valence electrons. The highest BCUT2D eigenvalue weighted by molar-refractivity contribution is 6.36. The summed E-state index contributed by atoms with van der Waals surface area (Å²) in [6.07, 6.45) is 0.934. The van der Waals surface area contributed by atoms with Crippen LogP contribution in [0.4, 0.5) is 11.4 Å². The molecule has 4 rings (SSSR count). The van der Waals surface area contributed by atoms with Gasteiger partial charge in [-0.25, -0.2) is 4.98 Å². The fourth-order valence-electron chi connectivity index (χ4n) is 3.76. The molecule has 0 bridgehead atoms. The van der Waals surface area contributed by atoms with E-state index in [1.165, 1.54) is 5.56 Å². The molecule has 0 saturated carbocycles. The van der Waals surface area contributed by atoms with Crippen LogP contribution in [0.5, 0.6) is 0 Å². The van der Waals surface area contributed by atoms with E-state index in [9.17, 15) is 4.79 Å². The average molecular weight is 407 g/mol. The Bertz CT molecular complexity index is 1110. The van der Waals surface area contributed by atoms with E-state index in [0.717, 1.165) is 40.9 Å². The zero-order valence-corrected chi connectivity index (χ0v) is 17.2. The lowest BCUT2D eigenvalue weighted by molar-refractivity contribution is 0.102. The number of carbonyl (C=O) groups excluding carboxylic acids is 1. The van der Waals surface area contributed by atoms with Crippen molar-refractivity contribution in [3.63, 3.8) is 0 Å². The van der Waals surface area contributed by atoms with Gasteiger partial charge in [-0.15, -0.1) is 0 Å². The van der Waals surface area contributed by atoms with Crippen molar-refractivity contribution in [3.8, 4) is 11.1 Å². The number of benzene rings is 2. The lowest BCUT2D eigenvalue weighted by atomic mass is 9.98. The van der Waals surface area contributed by atoms with Crippen LogP contribution < -0.4 is 16.4 Å². The molecule has 0 radical (unpaired) electrons. The third kappa shape index (κ3) is 3.71. The maximum atomic E-state index is 12.9. The minimum atomic E-state index is -0.273. The molecule has 1 aliphatic rings. The quantitative estimate of drug-likeness (QED) is 0.559. The van der Waals surface area contributed by atoms with Gasteiger partial charge in [-0.2, -0.15) is 0 Å². The summed E-state index contributed by atoms with van der Waals surface area (Å²) in [6, 6.07) is 13.2. The third-order valence-corrected chi connectivity index (χ3v) is 5.83. The number of carbonyl (C=O) groups is 1. The Kier molecular flexibility index (Phi) is 5.26. The standard InChI is InChI=1S/C23H23ClN4O/c1-13-11-20(27-21-12-26-10-9-15(13)21)23(29)28-19-8-4-6-17(22(19)24)16-5-3-7-18(25)14(16)2/h3-8,11,26H,9-10,12,25H2,1-2H3,(H,28,29). The van der Waals surface area contributed by atoms with E-state index in [4.69, 9.17) is 17.3 Å².